The van der Waals surface area contributed by atoms with Gasteiger partial charge in [-0.15, -0.1) is 0 Å². The fraction of sp³-hybridized carbons (Fsp3) is 0.261. The fourth-order valence-corrected chi connectivity index (χ4v) is 3.21. The number of rotatable bonds is 9. The molecule has 0 saturated heterocycles. The number of fused-ring (bicyclic) bond motifs is 1. The Morgan fingerprint density at radius 3 is 2.21 bits per heavy atom. The van der Waals surface area contributed by atoms with E-state index in [9.17, 15) is 24.0 Å². The highest BCUT2D eigenvalue weighted by Crippen LogP contribution is 2.24. The van der Waals surface area contributed by atoms with E-state index in [1.54, 1.807) is 0 Å². The maximum Gasteiger partial charge on any atom is 0.338 e. The minimum atomic E-state index is -0.813. The first-order valence-electron chi connectivity index (χ1n) is 10.00. The molecule has 0 spiro atoms. The largest absolute Gasteiger partial charge is 0.465 e. The summed E-state index contributed by atoms with van der Waals surface area (Å²) in [5.41, 5.74) is 1.09. The minimum absolute atomic E-state index is 0.0453. The minimum Gasteiger partial charge on any atom is -0.465 e. The Morgan fingerprint density at radius 2 is 1.55 bits per heavy atom. The normalized spacial score (nSPS) is 12.4. The third-order valence-corrected chi connectivity index (χ3v) is 4.86. The summed E-state index contributed by atoms with van der Waals surface area (Å²) in [7, 11) is 2.79. The van der Waals surface area contributed by atoms with Gasteiger partial charge >= 0.3 is 11.9 Å². The summed E-state index contributed by atoms with van der Waals surface area (Å²) >= 11 is 0. The predicted molar refractivity (Wildman–Crippen MR) is 115 cm³/mol. The molecule has 1 heterocycles. The van der Waals surface area contributed by atoms with Gasteiger partial charge in [0.25, 0.3) is 17.7 Å². The zero-order valence-electron chi connectivity index (χ0n) is 18.1. The Labute approximate surface area is 189 Å². The molecule has 0 aliphatic carbocycles. The van der Waals surface area contributed by atoms with Gasteiger partial charge in [0, 0.05) is 25.9 Å². The monoisotopic (exact) mass is 454 g/mol. The number of amides is 3. The zero-order chi connectivity index (χ0) is 24.0. The number of carbonyl (C=O) groups excluding carboxylic acids is 5. The topological polar surface area (TPSA) is 128 Å². The van der Waals surface area contributed by atoms with E-state index in [-0.39, 0.29) is 23.2 Å². The van der Waals surface area contributed by atoms with Crippen LogP contribution in [0.15, 0.2) is 42.5 Å². The lowest BCUT2D eigenvalue weighted by atomic mass is 10.1. The molecule has 0 atom stereocenters. The van der Waals surface area contributed by atoms with Crippen LogP contribution in [0.25, 0.3) is 0 Å². The summed E-state index contributed by atoms with van der Waals surface area (Å²) in [6.07, 6.45) is 0.497. The predicted octanol–water partition coefficient (Wildman–Crippen LogP) is 1.90. The molecule has 1 N–H and O–H groups in total. The molecule has 33 heavy (non-hydrogen) atoms. The molecule has 10 nitrogen and oxygen atoms in total. The van der Waals surface area contributed by atoms with E-state index in [4.69, 9.17) is 9.47 Å². The van der Waals surface area contributed by atoms with Gasteiger partial charge in [0.2, 0.25) is 0 Å². The van der Waals surface area contributed by atoms with Crippen molar-refractivity contribution in [3.63, 3.8) is 0 Å². The number of hydrogen-bond donors (Lipinski definition) is 1. The quantitative estimate of drug-likeness (QED) is 0.346. The SMILES string of the molecule is COCCCN1C(=O)c2ccc(C(=O)OCC(=O)Nc3ccc(C(=O)OC)cc3)cc2C1=O. The third kappa shape index (κ3) is 5.42. The summed E-state index contributed by atoms with van der Waals surface area (Å²) in [5.74, 6) is -2.83. The number of hydrogen-bond acceptors (Lipinski definition) is 8. The van der Waals surface area contributed by atoms with Crippen molar-refractivity contribution in [2.45, 2.75) is 6.42 Å². The molecule has 10 heteroatoms. The maximum absolute atomic E-state index is 12.5. The van der Waals surface area contributed by atoms with Crippen molar-refractivity contribution in [3.05, 3.63) is 64.7 Å². The highest BCUT2D eigenvalue weighted by molar-refractivity contribution is 6.22. The lowest BCUT2D eigenvalue weighted by Gasteiger charge is -2.12. The fourth-order valence-electron chi connectivity index (χ4n) is 3.21. The highest BCUT2D eigenvalue weighted by atomic mass is 16.5. The van der Waals surface area contributed by atoms with E-state index >= 15 is 0 Å². The molecule has 0 radical (unpaired) electrons. The van der Waals surface area contributed by atoms with Gasteiger partial charge in [-0.05, 0) is 48.9 Å². The molecule has 2 aromatic rings. The average molecular weight is 454 g/mol. The van der Waals surface area contributed by atoms with Gasteiger partial charge in [-0.2, -0.15) is 0 Å². The van der Waals surface area contributed by atoms with Gasteiger partial charge in [-0.3, -0.25) is 19.3 Å². The van der Waals surface area contributed by atoms with Crippen LogP contribution >= 0.6 is 0 Å². The maximum atomic E-state index is 12.5. The van der Waals surface area contributed by atoms with Crippen molar-refractivity contribution in [2.75, 3.05) is 39.3 Å². The van der Waals surface area contributed by atoms with E-state index in [1.807, 2.05) is 0 Å². The average Bonchev–Trinajstić information content (AvgIpc) is 3.07. The van der Waals surface area contributed by atoms with Crippen LogP contribution in [0.5, 0.6) is 0 Å². The van der Waals surface area contributed by atoms with Crippen LogP contribution in [0.1, 0.15) is 47.9 Å². The molecule has 0 bridgehead atoms. The third-order valence-electron chi connectivity index (χ3n) is 4.86. The van der Waals surface area contributed by atoms with Crippen molar-refractivity contribution in [1.82, 2.24) is 4.90 Å². The van der Waals surface area contributed by atoms with Gasteiger partial charge < -0.3 is 19.5 Å². The number of imide groups is 1. The van der Waals surface area contributed by atoms with Crippen LogP contribution in [0.4, 0.5) is 5.69 Å². The van der Waals surface area contributed by atoms with Crippen molar-refractivity contribution in [3.8, 4) is 0 Å². The van der Waals surface area contributed by atoms with Crippen LogP contribution in [0.3, 0.4) is 0 Å². The van der Waals surface area contributed by atoms with Gasteiger partial charge in [0.1, 0.15) is 0 Å². The van der Waals surface area contributed by atoms with Crippen LogP contribution in [0, 0.1) is 0 Å². The summed E-state index contributed by atoms with van der Waals surface area (Å²) < 4.78 is 14.6. The Hall–Kier alpha value is -4.05. The molecular formula is C23H22N2O8. The lowest BCUT2D eigenvalue weighted by molar-refractivity contribution is -0.119. The molecule has 2 aromatic carbocycles. The summed E-state index contributed by atoms with van der Waals surface area (Å²) in [5, 5.41) is 2.53. The van der Waals surface area contributed by atoms with E-state index in [1.165, 1.54) is 56.7 Å². The Morgan fingerprint density at radius 1 is 0.879 bits per heavy atom. The zero-order valence-corrected chi connectivity index (χ0v) is 18.1. The van der Waals surface area contributed by atoms with Crippen molar-refractivity contribution < 1.29 is 38.2 Å². The van der Waals surface area contributed by atoms with Crippen molar-refractivity contribution in [1.29, 1.82) is 0 Å². The number of carbonyl (C=O) groups is 5. The number of anilines is 1. The summed E-state index contributed by atoms with van der Waals surface area (Å²) in [6.45, 7) is 0.0495. The first-order chi connectivity index (χ1) is 15.8. The lowest BCUT2D eigenvalue weighted by Crippen LogP contribution is -2.31. The number of esters is 2. The Balaban J connectivity index is 1.57. The molecule has 3 rings (SSSR count). The second-order valence-corrected chi connectivity index (χ2v) is 7.06. The highest BCUT2D eigenvalue weighted by Gasteiger charge is 2.35. The molecular weight excluding hydrogens is 432 g/mol. The van der Waals surface area contributed by atoms with Crippen LogP contribution < -0.4 is 5.32 Å². The number of nitrogens with zero attached hydrogens (tertiary/aromatic N) is 1. The summed E-state index contributed by atoms with van der Waals surface area (Å²) in [6, 6.07) is 10.0. The standard InChI is InChI=1S/C23H22N2O8/c1-31-11-3-10-25-20(27)17-9-6-15(12-18(17)21(25)28)23(30)33-13-19(26)24-16-7-4-14(5-8-16)22(29)32-2/h4-9,12H,3,10-11,13H2,1-2H3,(H,24,26). The number of benzene rings is 2. The van der Waals surface area contributed by atoms with Gasteiger partial charge in [-0.25, -0.2) is 9.59 Å². The van der Waals surface area contributed by atoms with Gasteiger partial charge in [0.05, 0.1) is 29.4 Å². The van der Waals surface area contributed by atoms with Crippen LogP contribution in [-0.4, -0.2) is 68.5 Å². The first kappa shape index (κ1) is 23.6. The summed E-state index contributed by atoms with van der Waals surface area (Å²) in [4.78, 5) is 61.9. The molecule has 0 unspecified atom stereocenters. The van der Waals surface area contributed by atoms with Gasteiger partial charge in [-0.1, -0.05) is 0 Å². The van der Waals surface area contributed by atoms with E-state index in [0.717, 1.165) is 4.90 Å². The Kier molecular flexibility index (Phi) is 7.52. The molecule has 1 aliphatic heterocycles. The van der Waals surface area contributed by atoms with Crippen LogP contribution in [0.2, 0.25) is 0 Å². The number of nitrogens with one attached hydrogen (secondary N) is 1. The molecule has 0 fully saturated rings. The second-order valence-electron chi connectivity index (χ2n) is 7.06. The Bertz CT molecular complexity index is 1090. The van der Waals surface area contributed by atoms with Gasteiger partial charge in [0.15, 0.2) is 6.61 Å². The second kappa shape index (κ2) is 10.5. The molecule has 1 aliphatic rings. The first-order valence-corrected chi connectivity index (χ1v) is 10.00. The molecule has 172 valence electrons. The smallest absolute Gasteiger partial charge is 0.338 e. The van der Waals surface area contributed by atoms with E-state index < -0.39 is 36.3 Å². The van der Waals surface area contributed by atoms with Crippen LogP contribution in [-0.2, 0) is 19.0 Å². The molecule has 0 aromatic heterocycles. The molecule has 0 saturated carbocycles. The van der Waals surface area contributed by atoms with E-state index in [2.05, 4.69) is 10.1 Å². The molecule has 3 amide bonds. The number of methoxy groups -OCH3 is 2. The van der Waals surface area contributed by atoms with Crippen molar-refractivity contribution in [2.24, 2.45) is 0 Å². The van der Waals surface area contributed by atoms with E-state index in [0.29, 0.717) is 24.3 Å². The number of ether oxygens (including phenoxy) is 3. The van der Waals surface area contributed by atoms with Crippen molar-refractivity contribution >= 4 is 35.3 Å².